The summed E-state index contributed by atoms with van der Waals surface area (Å²) < 4.78 is 26.8. The fourth-order valence-corrected chi connectivity index (χ4v) is 4.58. The molecule has 2 heterocycles. The number of carbonyl (C=O) groups excluding carboxylic acids is 1. The van der Waals surface area contributed by atoms with Crippen LogP contribution in [0, 0.1) is 18.8 Å². The van der Waals surface area contributed by atoms with Gasteiger partial charge in [0, 0.05) is 25.3 Å². The van der Waals surface area contributed by atoms with Crippen LogP contribution in [0.3, 0.4) is 0 Å². The fraction of sp³-hybridized carbons (Fsp3) is 0.667. The van der Waals surface area contributed by atoms with Gasteiger partial charge in [-0.25, -0.2) is 13.2 Å². The third kappa shape index (κ3) is 4.37. The summed E-state index contributed by atoms with van der Waals surface area (Å²) in [5.74, 6) is -0.333. The number of rotatable bonds is 5. The Morgan fingerprint density at radius 2 is 2.00 bits per heavy atom. The number of hydrogen-bond donors (Lipinski definition) is 3. The highest BCUT2D eigenvalue weighted by Crippen LogP contribution is 2.23. The molecule has 9 nitrogen and oxygen atoms in total. The molecule has 0 spiro atoms. The number of nitrogens with zero attached hydrogens (tertiary/aromatic N) is 1. The molecule has 0 aromatic carbocycles. The number of carbonyl (C=O) groups is 1. The second-order valence-electron chi connectivity index (χ2n) is 6.70. The number of piperidine rings is 1. The standard InChI is InChI=1S/C15H24N4O5S/c1-9(2)7-16-13(20)11-5-4-6-19(8-11)25(23,24)12-10(3)17-15(22)18-14(12)21/h9,11H,4-8H2,1-3H3,(H,16,20)(H2,17,18,21,22)/t11-/m1/s1. The second-order valence-corrected chi connectivity index (χ2v) is 8.58. The normalized spacial score (nSPS) is 19.1. The van der Waals surface area contributed by atoms with Crippen molar-refractivity contribution in [3.63, 3.8) is 0 Å². The van der Waals surface area contributed by atoms with Gasteiger partial charge in [-0.2, -0.15) is 4.31 Å². The van der Waals surface area contributed by atoms with Crippen LogP contribution in [0.2, 0.25) is 0 Å². The van der Waals surface area contributed by atoms with Crippen LogP contribution in [-0.2, 0) is 14.8 Å². The molecule has 25 heavy (non-hydrogen) atoms. The van der Waals surface area contributed by atoms with Crippen molar-refractivity contribution in [2.75, 3.05) is 19.6 Å². The zero-order valence-electron chi connectivity index (χ0n) is 14.6. The van der Waals surface area contributed by atoms with Crippen molar-refractivity contribution in [2.45, 2.75) is 38.5 Å². The molecule has 1 fully saturated rings. The van der Waals surface area contributed by atoms with Crippen LogP contribution in [0.15, 0.2) is 14.5 Å². The Balaban J connectivity index is 2.24. The van der Waals surface area contributed by atoms with E-state index in [2.05, 4.69) is 10.3 Å². The zero-order valence-corrected chi connectivity index (χ0v) is 15.4. The number of aromatic nitrogens is 2. The molecule has 3 N–H and O–H groups in total. The highest BCUT2D eigenvalue weighted by molar-refractivity contribution is 7.89. The molecule has 140 valence electrons. The first-order valence-electron chi connectivity index (χ1n) is 8.24. The van der Waals surface area contributed by atoms with Gasteiger partial charge in [-0.05, 0) is 25.7 Å². The lowest BCUT2D eigenvalue weighted by molar-refractivity contribution is -0.126. The number of nitrogens with one attached hydrogen (secondary N) is 3. The largest absolute Gasteiger partial charge is 0.356 e. The van der Waals surface area contributed by atoms with Crippen LogP contribution in [0.5, 0.6) is 0 Å². The Labute approximate surface area is 145 Å². The Bertz CT molecular complexity index is 855. The van der Waals surface area contributed by atoms with Crippen molar-refractivity contribution in [1.82, 2.24) is 19.6 Å². The Morgan fingerprint density at radius 3 is 2.60 bits per heavy atom. The van der Waals surface area contributed by atoms with Gasteiger partial charge >= 0.3 is 5.69 Å². The van der Waals surface area contributed by atoms with Crippen molar-refractivity contribution >= 4 is 15.9 Å². The zero-order chi connectivity index (χ0) is 18.8. The topological polar surface area (TPSA) is 132 Å². The molecule has 0 unspecified atom stereocenters. The predicted octanol–water partition coefficient (Wildman–Crippen LogP) is -0.455. The quantitative estimate of drug-likeness (QED) is 0.644. The molecular weight excluding hydrogens is 348 g/mol. The summed E-state index contributed by atoms with van der Waals surface area (Å²) in [7, 11) is -4.10. The van der Waals surface area contributed by atoms with E-state index in [1.165, 1.54) is 6.92 Å². The van der Waals surface area contributed by atoms with E-state index in [4.69, 9.17) is 0 Å². The number of sulfonamides is 1. The first kappa shape index (κ1) is 19.4. The van der Waals surface area contributed by atoms with Gasteiger partial charge in [0.15, 0.2) is 4.90 Å². The molecule has 1 aromatic rings. The summed E-state index contributed by atoms with van der Waals surface area (Å²) in [6.07, 6.45) is 1.12. The Hall–Kier alpha value is -1.94. The van der Waals surface area contributed by atoms with Gasteiger partial charge in [0.05, 0.1) is 5.92 Å². The summed E-state index contributed by atoms with van der Waals surface area (Å²) in [5, 5.41) is 2.82. The monoisotopic (exact) mass is 372 g/mol. The summed E-state index contributed by atoms with van der Waals surface area (Å²) in [4.78, 5) is 39.2. The molecule has 0 radical (unpaired) electrons. The third-order valence-electron chi connectivity index (χ3n) is 4.11. The lowest BCUT2D eigenvalue weighted by atomic mass is 9.98. The van der Waals surface area contributed by atoms with E-state index < -0.39 is 32.1 Å². The number of aryl methyl sites for hydroxylation is 1. The van der Waals surface area contributed by atoms with Gasteiger partial charge in [-0.3, -0.25) is 14.6 Å². The van der Waals surface area contributed by atoms with Gasteiger partial charge in [0.2, 0.25) is 15.9 Å². The molecule has 1 amide bonds. The van der Waals surface area contributed by atoms with Gasteiger partial charge < -0.3 is 10.3 Å². The van der Waals surface area contributed by atoms with Crippen molar-refractivity contribution in [1.29, 1.82) is 0 Å². The minimum atomic E-state index is -4.10. The van der Waals surface area contributed by atoms with E-state index in [0.29, 0.717) is 25.3 Å². The Morgan fingerprint density at radius 1 is 1.32 bits per heavy atom. The van der Waals surface area contributed by atoms with E-state index in [0.717, 1.165) is 4.31 Å². The van der Waals surface area contributed by atoms with E-state index in [9.17, 15) is 22.8 Å². The molecule has 10 heteroatoms. The molecule has 0 saturated carbocycles. The summed E-state index contributed by atoms with van der Waals surface area (Å²) in [6, 6.07) is 0. The second kappa shape index (κ2) is 7.52. The molecule has 0 aliphatic carbocycles. The summed E-state index contributed by atoms with van der Waals surface area (Å²) >= 11 is 0. The molecule has 2 rings (SSSR count). The smallest absolute Gasteiger partial charge is 0.325 e. The molecule has 1 saturated heterocycles. The number of hydrogen-bond acceptors (Lipinski definition) is 5. The lowest BCUT2D eigenvalue weighted by Crippen LogP contribution is -2.47. The maximum atomic E-state index is 12.8. The van der Waals surface area contributed by atoms with Crippen molar-refractivity contribution in [2.24, 2.45) is 11.8 Å². The maximum absolute atomic E-state index is 12.8. The molecule has 1 aromatic heterocycles. The molecular formula is C15H24N4O5S. The molecule has 1 aliphatic heterocycles. The maximum Gasteiger partial charge on any atom is 0.325 e. The summed E-state index contributed by atoms with van der Waals surface area (Å²) in [6.45, 7) is 6.09. The fourth-order valence-electron chi connectivity index (χ4n) is 2.85. The van der Waals surface area contributed by atoms with Crippen LogP contribution in [0.25, 0.3) is 0 Å². The minimum absolute atomic E-state index is 0.0138. The van der Waals surface area contributed by atoms with Crippen LogP contribution < -0.4 is 16.6 Å². The van der Waals surface area contributed by atoms with Crippen LogP contribution >= 0.6 is 0 Å². The number of aromatic amines is 2. The third-order valence-corrected chi connectivity index (χ3v) is 6.13. The van der Waals surface area contributed by atoms with Gasteiger partial charge in [-0.15, -0.1) is 0 Å². The lowest BCUT2D eigenvalue weighted by Gasteiger charge is -2.31. The van der Waals surface area contributed by atoms with E-state index in [1.54, 1.807) is 0 Å². The van der Waals surface area contributed by atoms with Crippen LogP contribution in [0.1, 0.15) is 32.4 Å². The first-order valence-corrected chi connectivity index (χ1v) is 9.68. The highest BCUT2D eigenvalue weighted by atomic mass is 32.2. The average Bonchev–Trinajstić information content (AvgIpc) is 2.51. The highest BCUT2D eigenvalue weighted by Gasteiger charge is 2.35. The number of H-pyrrole nitrogens is 2. The first-order chi connectivity index (χ1) is 11.6. The van der Waals surface area contributed by atoms with Crippen molar-refractivity contribution < 1.29 is 13.2 Å². The Kier molecular flexibility index (Phi) is 5.83. The van der Waals surface area contributed by atoms with E-state index in [-0.39, 0.29) is 24.7 Å². The predicted molar refractivity (Wildman–Crippen MR) is 91.8 cm³/mol. The number of amides is 1. The van der Waals surface area contributed by atoms with Crippen LogP contribution in [-0.4, -0.2) is 48.2 Å². The molecule has 1 atom stereocenters. The van der Waals surface area contributed by atoms with Gasteiger partial charge in [-0.1, -0.05) is 13.8 Å². The van der Waals surface area contributed by atoms with Crippen molar-refractivity contribution in [3.05, 3.63) is 26.5 Å². The van der Waals surface area contributed by atoms with E-state index >= 15 is 0 Å². The average molecular weight is 372 g/mol. The van der Waals surface area contributed by atoms with E-state index in [1.807, 2.05) is 18.8 Å². The minimum Gasteiger partial charge on any atom is -0.356 e. The summed E-state index contributed by atoms with van der Waals surface area (Å²) in [5.41, 5.74) is -1.72. The SMILES string of the molecule is Cc1[nH]c(=O)[nH]c(=O)c1S(=O)(=O)N1CCC[C@@H](C(=O)NCC(C)C)C1. The molecule has 1 aliphatic rings. The molecule has 0 bridgehead atoms. The van der Waals surface area contributed by atoms with Gasteiger partial charge in [0.25, 0.3) is 5.56 Å². The van der Waals surface area contributed by atoms with Gasteiger partial charge in [0.1, 0.15) is 0 Å². The van der Waals surface area contributed by atoms with Crippen molar-refractivity contribution in [3.8, 4) is 0 Å². The van der Waals surface area contributed by atoms with Crippen LogP contribution in [0.4, 0.5) is 0 Å².